The molecule has 8 atom stereocenters. The van der Waals surface area contributed by atoms with Crippen LogP contribution >= 0.6 is 0 Å². The van der Waals surface area contributed by atoms with Crippen molar-refractivity contribution in [1.29, 1.82) is 0 Å². The van der Waals surface area contributed by atoms with Gasteiger partial charge in [0, 0.05) is 17.4 Å². The number of carboxylic acids is 1. The molecule has 0 saturated heterocycles. The Balaban J connectivity index is 1.41. The van der Waals surface area contributed by atoms with E-state index in [0.29, 0.717) is 31.4 Å². The van der Waals surface area contributed by atoms with E-state index >= 15 is 0 Å². The lowest BCUT2D eigenvalue weighted by Gasteiger charge is -2.60. The molecule has 5 unspecified atom stereocenters. The summed E-state index contributed by atoms with van der Waals surface area (Å²) in [6.45, 7) is 6.07. The quantitative estimate of drug-likeness (QED) is 0.224. The molecule has 224 valence electrons. The maximum atomic E-state index is 12.6. The standard InChI is InChI=1S/C29H44N2O9/c1-26(2,24(36)25(37)38)15-30-22(35)14-40-31-17-7-9-27(3)16(11-17)5-6-18-19-8-10-29(39,21(34)13-32)28(19,4)12-20(33)23(18)27/h11,18-20,23-24,32-33,36,39H,5-10,12-15H2,1-4H3,(H,30,35)(H,37,38)/b31-17-/t18?,19?,20?,23?,24?,27-,28-,29-/m0/s1. The molecule has 3 fully saturated rings. The SMILES string of the molecule is CC(C)(CNC(=O)CO/N=C1\C=C2CCC3C(C(O)C[C@@]4(C)C3CC[C@]4(O)C(=O)CO)[C@@]2(C)CC1)C(O)C(=O)O. The minimum atomic E-state index is -1.62. The molecule has 0 radical (unpaired) electrons. The lowest BCUT2D eigenvalue weighted by Crippen LogP contribution is -2.62. The summed E-state index contributed by atoms with van der Waals surface area (Å²) < 4.78 is 0. The summed E-state index contributed by atoms with van der Waals surface area (Å²) in [5.74, 6) is -2.18. The fraction of sp³-hybridized carbons (Fsp3) is 0.793. The van der Waals surface area contributed by atoms with Crippen molar-refractivity contribution in [2.24, 2.45) is 39.2 Å². The number of carbonyl (C=O) groups is 3. The highest BCUT2D eigenvalue weighted by atomic mass is 16.6. The number of hydrogen-bond donors (Lipinski definition) is 6. The summed E-state index contributed by atoms with van der Waals surface area (Å²) in [5, 5.41) is 57.9. The molecule has 4 rings (SSSR count). The average molecular weight is 565 g/mol. The van der Waals surface area contributed by atoms with Gasteiger partial charge in [-0.05, 0) is 74.2 Å². The summed E-state index contributed by atoms with van der Waals surface area (Å²) >= 11 is 0. The van der Waals surface area contributed by atoms with Crippen molar-refractivity contribution in [3.8, 4) is 0 Å². The molecule has 0 aromatic heterocycles. The summed E-state index contributed by atoms with van der Waals surface area (Å²) in [6, 6.07) is 0. The maximum Gasteiger partial charge on any atom is 0.333 e. The summed E-state index contributed by atoms with van der Waals surface area (Å²) in [5.41, 5.74) is -1.83. The second-order valence-electron chi connectivity index (χ2n) is 13.5. The van der Waals surface area contributed by atoms with Gasteiger partial charge in [-0.1, -0.05) is 38.4 Å². The Morgan fingerprint density at radius 1 is 1.20 bits per heavy atom. The fourth-order valence-corrected chi connectivity index (χ4v) is 8.35. The Kier molecular flexibility index (Phi) is 8.28. The lowest BCUT2D eigenvalue weighted by atomic mass is 9.45. The molecule has 0 aliphatic heterocycles. The number of aliphatic hydroxyl groups is 4. The van der Waals surface area contributed by atoms with E-state index in [9.17, 15) is 34.8 Å². The van der Waals surface area contributed by atoms with Crippen LogP contribution in [0.1, 0.15) is 72.6 Å². The molecule has 3 saturated carbocycles. The molecule has 11 nitrogen and oxygen atoms in total. The molecule has 6 N–H and O–H groups in total. The third-order valence-electron chi connectivity index (χ3n) is 10.8. The van der Waals surface area contributed by atoms with E-state index in [-0.39, 0.29) is 36.3 Å². The number of carbonyl (C=O) groups excluding carboxylic acids is 2. The van der Waals surface area contributed by atoms with Crippen molar-refractivity contribution in [3.05, 3.63) is 11.6 Å². The molecule has 11 heteroatoms. The molecule has 4 aliphatic rings. The Hall–Kier alpha value is -2.34. The number of allylic oxidation sites excluding steroid dienone is 2. The van der Waals surface area contributed by atoms with Gasteiger partial charge in [-0.2, -0.15) is 0 Å². The zero-order valence-electron chi connectivity index (χ0n) is 23.9. The van der Waals surface area contributed by atoms with Crippen LogP contribution in [0.3, 0.4) is 0 Å². The molecular formula is C29H44N2O9. The number of aliphatic hydroxyl groups excluding tert-OH is 3. The monoisotopic (exact) mass is 564 g/mol. The number of Topliss-reactive ketones (excluding diaryl/α,β-unsaturated/α-hetero) is 1. The van der Waals surface area contributed by atoms with Gasteiger partial charge >= 0.3 is 5.97 Å². The van der Waals surface area contributed by atoms with Gasteiger partial charge in [0.1, 0.15) is 12.2 Å². The second kappa shape index (κ2) is 10.8. The van der Waals surface area contributed by atoms with Gasteiger partial charge in [-0.3, -0.25) is 9.59 Å². The maximum absolute atomic E-state index is 12.6. The van der Waals surface area contributed by atoms with Crippen LogP contribution in [-0.2, 0) is 19.2 Å². The van der Waals surface area contributed by atoms with Gasteiger partial charge in [0.05, 0.1) is 11.8 Å². The van der Waals surface area contributed by atoms with E-state index in [1.54, 1.807) is 13.8 Å². The van der Waals surface area contributed by atoms with Crippen molar-refractivity contribution in [2.45, 2.75) is 90.4 Å². The van der Waals surface area contributed by atoms with Crippen LogP contribution in [0.5, 0.6) is 0 Å². The highest BCUT2D eigenvalue weighted by Gasteiger charge is 2.68. The smallest absolute Gasteiger partial charge is 0.333 e. The van der Waals surface area contributed by atoms with Gasteiger partial charge in [0.25, 0.3) is 5.91 Å². The summed E-state index contributed by atoms with van der Waals surface area (Å²) in [7, 11) is 0. The molecule has 40 heavy (non-hydrogen) atoms. The first-order valence-corrected chi connectivity index (χ1v) is 14.2. The van der Waals surface area contributed by atoms with Crippen molar-refractivity contribution >= 4 is 23.4 Å². The molecule has 1 amide bonds. The van der Waals surface area contributed by atoms with Crippen LogP contribution in [0.25, 0.3) is 0 Å². The first-order valence-electron chi connectivity index (χ1n) is 14.2. The molecule has 4 aliphatic carbocycles. The van der Waals surface area contributed by atoms with Crippen molar-refractivity contribution in [3.63, 3.8) is 0 Å². The van der Waals surface area contributed by atoms with Gasteiger partial charge in [0.2, 0.25) is 0 Å². The number of rotatable bonds is 9. The van der Waals surface area contributed by atoms with Crippen LogP contribution in [0.15, 0.2) is 16.8 Å². The zero-order valence-corrected chi connectivity index (χ0v) is 23.9. The number of fused-ring (bicyclic) bond motifs is 5. The average Bonchev–Trinajstić information content (AvgIpc) is 3.17. The van der Waals surface area contributed by atoms with Crippen molar-refractivity contribution in [2.75, 3.05) is 19.8 Å². The van der Waals surface area contributed by atoms with Crippen LogP contribution in [-0.4, -0.2) is 86.5 Å². The summed E-state index contributed by atoms with van der Waals surface area (Å²) in [6.07, 6.45) is 3.96. The van der Waals surface area contributed by atoms with Crippen molar-refractivity contribution < 1.29 is 44.8 Å². The van der Waals surface area contributed by atoms with Crippen LogP contribution in [0, 0.1) is 34.0 Å². The largest absolute Gasteiger partial charge is 0.479 e. The highest BCUT2D eigenvalue weighted by molar-refractivity contribution is 5.96. The molecule has 0 aromatic carbocycles. The molecule has 0 aromatic rings. The lowest BCUT2D eigenvalue weighted by molar-refractivity contribution is -0.181. The van der Waals surface area contributed by atoms with E-state index in [0.717, 1.165) is 19.3 Å². The van der Waals surface area contributed by atoms with E-state index in [4.69, 9.17) is 9.94 Å². The third-order valence-corrected chi connectivity index (χ3v) is 10.8. The van der Waals surface area contributed by atoms with Crippen molar-refractivity contribution in [1.82, 2.24) is 5.32 Å². The van der Waals surface area contributed by atoms with Gasteiger partial charge in [0.15, 0.2) is 18.5 Å². The Labute approximate surface area is 234 Å². The Bertz CT molecular complexity index is 1100. The van der Waals surface area contributed by atoms with Gasteiger partial charge in [-0.25, -0.2) is 4.79 Å². The number of oxime groups is 1. The van der Waals surface area contributed by atoms with E-state index in [1.165, 1.54) is 5.57 Å². The number of ketones is 1. The third kappa shape index (κ3) is 4.99. The van der Waals surface area contributed by atoms with Crippen LogP contribution < -0.4 is 5.32 Å². The first kappa shape index (κ1) is 30.6. The Morgan fingerprint density at radius 3 is 2.55 bits per heavy atom. The number of hydrogen-bond acceptors (Lipinski definition) is 9. The van der Waals surface area contributed by atoms with E-state index < -0.39 is 52.9 Å². The van der Waals surface area contributed by atoms with Crippen LogP contribution in [0.2, 0.25) is 0 Å². The number of carboxylic acid groups (broad SMARTS) is 1. The zero-order chi connectivity index (χ0) is 29.7. The van der Waals surface area contributed by atoms with Gasteiger partial charge in [-0.15, -0.1) is 0 Å². The minimum absolute atomic E-state index is 0.0186. The number of nitrogens with zero attached hydrogens (tertiary/aromatic N) is 1. The fourth-order valence-electron chi connectivity index (χ4n) is 8.35. The Morgan fingerprint density at radius 2 is 1.90 bits per heavy atom. The van der Waals surface area contributed by atoms with E-state index in [1.807, 2.05) is 13.0 Å². The molecule has 0 heterocycles. The first-order chi connectivity index (χ1) is 18.6. The number of aliphatic carboxylic acids is 1. The van der Waals surface area contributed by atoms with Crippen LogP contribution in [0.4, 0.5) is 0 Å². The highest BCUT2D eigenvalue weighted by Crippen LogP contribution is 2.67. The van der Waals surface area contributed by atoms with E-state index in [2.05, 4.69) is 17.4 Å². The predicted molar refractivity (Wildman–Crippen MR) is 144 cm³/mol. The molecular weight excluding hydrogens is 520 g/mol. The predicted octanol–water partition coefficient (Wildman–Crippen LogP) is 1.17. The molecule has 0 spiro atoms. The van der Waals surface area contributed by atoms with Gasteiger partial charge < -0.3 is 35.7 Å². The molecule has 0 bridgehead atoms. The minimum Gasteiger partial charge on any atom is -0.479 e. The number of amides is 1. The normalized spacial score (nSPS) is 38.9. The number of nitrogens with one attached hydrogen (secondary N) is 1. The topological polar surface area (TPSA) is 186 Å². The summed E-state index contributed by atoms with van der Waals surface area (Å²) in [4.78, 5) is 41.1. The second-order valence-corrected chi connectivity index (χ2v) is 13.5.